The minimum Gasteiger partial charge on any atom is -0.379 e. The van der Waals surface area contributed by atoms with Crippen LogP contribution in [0.3, 0.4) is 0 Å². The maximum Gasteiger partial charge on any atom is 0.227 e. The van der Waals surface area contributed by atoms with Crippen LogP contribution in [0, 0.1) is 11.7 Å². The van der Waals surface area contributed by atoms with Crippen LogP contribution in [0.25, 0.3) is 0 Å². The highest BCUT2D eigenvalue weighted by Crippen LogP contribution is 2.27. The molecule has 0 unspecified atom stereocenters. The molecule has 2 saturated heterocycles. The molecule has 1 atom stereocenters. The number of anilines is 2. The van der Waals surface area contributed by atoms with Crippen molar-refractivity contribution in [2.45, 2.75) is 25.8 Å². The van der Waals surface area contributed by atoms with E-state index in [1.165, 1.54) is 6.20 Å². The second-order valence-electron chi connectivity index (χ2n) is 6.95. The molecule has 2 aliphatic heterocycles. The van der Waals surface area contributed by atoms with E-state index in [0.717, 1.165) is 52.2 Å². The molecule has 134 valence electrons. The number of aromatic nitrogens is 2. The molecule has 0 saturated carbocycles. The maximum atomic E-state index is 13.8. The largest absolute Gasteiger partial charge is 0.379 e. The summed E-state index contributed by atoms with van der Waals surface area (Å²) in [7, 11) is 3.59. The molecular weight excluding hydrogens is 309 g/mol. The molecule has 2 fully saturated rings. The van der Waals surface area contributed by atoms with E-state index in [9.17, 15) is 4.39 Å². The molecule has 6 nitrogen and oxygen atoms in total. The summed E-state index contributed by atoms with van der Waals surface area (Å²) in [6.07, 6.45) is 3.52. The summed E-state index contributed by atoms with van der Waals surface area (Å²) in [5.74, 6) is 1.30. The topological polar surface area (TPSA) is 44.7 Å². The van der Waals surface area contributed by atoms with Gasteiger partial charge < -0.3 is 14.5 Å². The summed E-state index contributed by atoms with van der Waals surface area (Å²) in [4.78, 5) is 15.0. The zero-order valence-corrected chi connectivity index (χ0v) is 14.9. The van der Waals surface area contributed by atoms with Crippen LogP contribution in [-0.4, -0.2) is 74.4 Å². The van der Waals surface area contributed by atoms with Crippen molar-refractivity contribution in [2.75, 3.05) is 63.3 Å². The Morgan fingerprint density at radius 2 is 1.88 bits per heavy atom. The van der Waals surface area contributed by atoms with Crippen LogP contribution in [-0.2, 0) is 4.74 Å². The van der Waals surface area contributed by atoms with E-state index in [2.05, 4.69) is 26.7 Å². The Hall–Kier alpha value is -1.47. The molecule has 0 radical (unpaired) electrons. The van der Waals surface area contributed by atoms with Gasteiger partial charge in [0.25, 0.3) is 0 Å². The Bertz CT molecular complexity index is 542. The van der Waals surface area contributed by atoms with Crippen LogP contribution in [0.4, 0.5) is 16.2 Å². The number of morpholine rings is 1. The molecule has 3 rings (SSSR count). The van der Waals surface area contributed by atoms with Crippen LogP contribution < -0.4 is 9.80 Å². The number of rotatable bonds is 4. The highest BCUT2D eigenvalue weighted by molar-refractivity contribution is 5.43. The van der Waals surface area contributed by atoms with Crippen LogP contribution in [0.15, 0.2) is 6.20 Å². The highest BCUT2D eigenvalue weighted by Gasteiger charge is 2.29. The zero-order valence-electron chi connectivity index (χ0n) is 14.9. The molecule has 1 aromatic heterocycles. The standard InChI is InChI=1S/C17H28FN5O/c1-13(22-8-10-24-11-9-22)14-4-6-23(7-5-14)17-19-12-15(18)16(20-17)21(2)3/h12-14H,4-11H2,1-3H3/t13-/m0/s1. The molecule has 0 bridgehead atoms. The number of nitrogens with zero attached hydrogens (tertiary/aromatic N) is 5. The van der Waals surface area contributed by atoms with Gasteiger partial charge in [-0.3, -0.25) is 4.90 Å². The van der Waals surface area contributed by atoms with Crippen LogP contribution in [0.1, 0.15) is 19.8 Å². The molecule has 0 aliphatic carbocycles. The number of hydrogen-bond donors (Lipinski definition) is 0. The molecule has 0 spiro atoms. The van der Waals surface area contributed by atoms with Crippen molar-refractivity contribution >= 4 is 11.8 Å². The van der Waals surface area contributed by atoms with Gasteiger partial charge in [0.15, 0.2) is 11.6 Å². The fraction of sp³-hybridized carbons (Fsp3) is 0.765. The molecule has 0 amide bonds. The van der Waals surface area contributed by atoms with E-state index < -0.39 is 0 Å². The van der Waals surface area contributed by atoms with Gasteiger partial charge in [-0.1, -0.05) is 0 Å². The fourth-order valence-electron chi connectivity index (χ4n) is 3.68. The van der Waals surface area contributed by atoms with E-state index in [0.29, 0.717) is 23.7 Å². The number of piperidine rings is 1. The maximum absolute atomic E-state index is 13.8. The molecule has 24 heavy (non-hydrogen) atoms. The van der Waals surface area contributed by atoms with Gasteiger partial charge in [-0.15, -0.1) is 0 Å². The van der Waals surface area contributed by atoms with Gasteiger partial charge >= 0.3 is 0 Å². The third-order valence-electron chi connectivity index (χ3n) is 5.26. The Morgan fingerprint density at radius 1 is 1.21 bits per heavy atom. The Morgan fingerprint density at radius 3 is 2.50 bits per heavy atom. The van der Waals surface area contributed by atoms with Crippen molar-refractivity contribution in [3.8, 4) is 0 Å². The first kappa shape index (κ1) is 17.4. The third-order valence-corrected chi connectivity index (χ3v) is 5.26. The van der Waals surface area contributed by atoms with Crippen molar-refractivity contribution in [1.29, 1.82) is 0 Å². The Labute approximate surface area is 143 Å². The lowest BCUT2D eigenvalue weighted by Crippen LogP contribution is -2.48. The second kappa shape index (κ2) is 7.61. The highest BCUT2D eigenvalue weighted by atomic mass is 19.1. The number of hydrogen-bond acceptors (Lipinski definition) is 6. The summed E-state index contributed by atoms with van der Waals surface area (Å²) in [6, 6.07) is 0.586. The summed E-state index contributed by atoms with van der Waals surface area (Å²) in [6.45, 7) is 7.96. The van der Waals surface area contributed by atoms with Gasteiger partial charge in [0.2, 0.25) is 5.95 Å². The lowest BCUT2D eigenvalue weighted by molar-refractivity contribution is 0.00446. The predicted octanol–water partition coefficient (Wildman–Crippen LogP) is 1.62. The van der Waals surface area contributed by atoms with Crippen molar-refractivity contribution in [1.82, 2.24) is 14.9 Å². The molecule has 0 N–H and O–H groups in total. The minimum absolute atomic E-state index is 0.351. The summed E-state index contributed by atoms with van der Waals surface area (Å²) in [5.41, 5.74) is 0. The van der Waals surface area contributed by atoms with Crippen LogP contribution in [0.2, 0.25) is 0 Å². The van der Waals surface area contributed by atoms with E-state index in [-0.39, 0.29) is 5.82 Å². The molecule has 0 aromatic carbocycles. The number of ether oxygens (including phenoxy) is 1. The van der Waals surface area contributed by atoms with E-state index in [1.807, 2.05) is 0 Å². The van der Waals surface area contributed by atoms with Gasteiger partial charge in [0.1, 0.15) is 0 Å². The molecule has 3 heterocycles. The van der Waals surface area contributed by atoms with Gasteiger partial charge in [-0.25, -0.2) is 9.37 Å². The number of halogens is 1. The first-order chi connectivity index (χ1) is 11.6. The van der Waals surface area contributed by atoms with Gasteiger partial charge in [-0.2, -0.15) is 4.98 Å². The normalized spacial score (nSPS) is 21.8. The quantitative estimate of drug-likeness (QED) is 0.832. The lowest BCUT2D eigenvalue weighted by Gasteiger charge is -2.41. The summed E-state index contributed by atoms with van der Waals surface area (Å²) >= 11 is 0. The van der Waals surface area contributed by atoms with Crippen molar-refractivity contribution in [3.05, 3.63) is 12.0 Å². The van der Waals surface area contributed by atoms with Crippen molar-refractivity contribution < 1.29 is 9.13 Å². The van der Waals surface area contributed by atoms with Gasteiger partial charge in [-0.05, 0) is 25.7 Å². The van der Waals surface area contributed by atoms with Crippen molar-refractivity contribution in [3.63, 3.8) is 0 Å². The van der Waals surface area contributed by atoms with Gasteiger partial charge in [0.05, 0.1) is 19.4 Å². The Kier molecular flexibility index (Phi) is 5.50. The summed E-state index contributed by atoms with van der Waals surface area (Å²) < 4.78 is 19.2. The van der Waals surface area contributed by atoms with E-state index in [4.69, 9.17) is 4.74 Å². The molecular formula is C17H28FN5O. The first-order valence-electron chi connectivity index (χ1n) is 8.83. The third kappa shape index (κ3) is 3.78. The van der Waals surface area contributed by atoms with Gasteiger partial charge in [0, 0.05) is 46.3 Å². The SMILES string of the molecule is C[C@@H](C1CCN(c2ncc(F)c(N(C)C)n2)CC1)N1CCOCC1. The zero-order chi connectivity index (χ0) is 17.1. The molecule has 1 aromatic rings. The van der Waals surface area contributed by atoms with Crippen LogP contribution in [0.5, 0.6) is 0 Å². The van der Waals surface area contributed by atoms with Crippen molar-refractivity contribution in [2.24, 2.45) is 5.92 Å². The van der Waals surface area contributed by atoms with E-state index >= 15 is 0 Å². The average Bonchev–Trinajstić information content (AvgIpc) is 2.62. The monoisotopic (exact) mass is 337 g/mol. The van der Waals surface area contributed by atoms with E-state index in [1.54, 1.807) is 19.0 Å². The average molecular weight is 337 g/mol. The predicted molar refractivity (Wildman–Crippen MR) is 93.1 cm³/mol. The molecule has 2 aliphatic rings. The molecule has 7 heteroatoms. The first-order valence-corrected chi connectivity index (χ1v) is 8.83. The summed E-state index contributed by atoms with van der Waals surface area (Å²) in [5, 5.41) is 0. The minimum atomic E-state index is -0.375. The fourth-order valence-corrected chi connectivity index (χ4v) is 3.68. The Balaban J connectivity index is 1.59. The smallest absolute Gasteiger partial charge is 0.227 e. The van der Waals surface area contributed by atoms with Crippen LogP contribution >= 0.6 is 0 Å². The lowest BCUT2D eigenvalue weighted by atomic mass is 9.89. The second-order valence-corrected chi connectivity index (χ2v) is 6.95.